The number of halogens is 1. The monoisotopic (exact) mass is 481 g/mol. The van der Waals surface area contributed by atoms with E-state index in [2.05, 4.69) is 42.3 Å². The molecule has 182 valence electrons. The van der Waals surface area contributed by atoms with Gasteiger partial charge in [0.15, 0.2) is 0 Å². The number of amides is 1. The van der Waals surface area contributed by atoms with Crippen molar-refractivity contribution >= 4 is 5.91 Å². The fourth-order valence-electron chi connectivity index (χ4n) is 4.55. The standard InChI is InChI=1S/C30H28FN3O2/c1-18-10-19(2)12-22(11-18)21-6-8-26(23-13-24(31)16-32-15-23)27(14-21)30(35)33-17-25-7-9-28(36-3)29(34-25)20-4-5-20/h6-16,20H,4-5,17H2,1-3H3,(H,33,35). The fourth-order valence-corrected chi connectivity index (χ4v) is 4.55. The first-order valence-electron chi connectivity index (χ1n) is 12.1. The number of carbonyl (C=O) groups excluding carboxylic acids is 1. The Labute approximate surface area is 210 Å². The van der Waals surface area contributed by atoms with Crippen molar-refractivity contribution in [3.05, 3.63) is 101 Å². The molecule has 1 fully saturated rings. The van der Waals surface area contributed by atoms with Gasteiger partial charge in [-0.25, -0.2) is 4.39 Å². The van der Waals surface area contributed by atoms with Gasteiger partial charge < -0.3 is 10.1 Å². The van der Waals surface area contributed by atoms with Crippen molar-refractivity contribution in [3.8, 4) is 28.0 Å². The van der Waals surface area contributed by atoms with Gasteiger partial charge in [-0.2, -0.15) is 0 Å². The zero-order valence-corrected chi connectivity index (χ0v) is 20.6. The lowest BCUT2D eigenvalue weighted by atomic mass is 9.94. The Kier molecular flexibility index (Phi) is 6.51. The minimum atomic E-state index is -0.452. The summed E-state index contributed by atoms with van der Waals surface area (Å²) in [6.45, 7) is 4.38. The number of hydrogen-bond acceptors (Lipinski definition) is 4. The van der Waals surface area contributed by atoms with Crippen LogP contribution in [0.5, 0.6) is 5.75 Å². The van der Waals surface area contributed by atoms with E-state index in [4.69, 9.17) is 9.72 Å². The highest BCUT2D eigenvalue weighted by Crippen LogP contribution is 2.43. The third kappa shape index (κ3) is 5.13. The number of carbonyl (C=O) groups is 1. The highest BCUT2D eigenvalue weighted by Gasteiger charge is 2.28. The van der Waals surface area contributed by atoms with Gasteiger partial charge in [-0.3, -0.25) is 14.8 Å². The number of nitrogens with one attached hydrogen (secondary N) is 1. The van der Waals surface area contributed by atoms with Gasteiger partial charge >= 0.3 is 0 Å². The molecule has 0 unspecified atom stereocenters. The zero-order valence-electron chi connectivity index (χ0n) is 20.6. The predicted octanol–water partition coefficient (Wildman–Crippen LogP) is 6.38. The molecule has 1 aliphatic rings. The average molecular weight is 482 g/mol. The molecule has 2 aromatic carbocycles. The topological polar surface area (TPSA) is 64.1 Å². The molecule has 2 heterocycles. The van der Waals surface area contributed by atoms with Crippen molar-refractivity contribution in [1.82, 2.24) is 15.3 Å². The predicted molar refractivity (Wildman–Crippen MR) is 138 cm³/mol. The molecule has 5 rings (SSSR count). The van der Waals surface area contributed by atoms with Crippen molar-refractivity contribution in [2.24, 2.45) is 0 Å². The van der Waals surface area contributed by atoms with Crippen LogP contribution in [0.3, 0.4) is 0 Å². The van der Waals surface area contributed by atoms with Crippen molar-refractivity contribution in [3.63, 3.8) is 0 Å². The Bertz CT molecular complexity index is 1430. The molecule has 4 aromatic rings. The molecule has 1 N–H and O–H groups in total. The second kappa shape index (κ2) is 9.90. The Morgan fingerprint density at radius 3 is 2.44 bits per heavy atom. The number of pyridine rings is 2. The molecule has 6 heteroatoms. The first-order valence-corrected chi connectivity index (χ1v) is 12.1. The third-order valence-corrected chi connectivity index (χ3v) is 6.39. The molecule has 2 aromatic heterocycles. The van der Waals surface area contributed by atoms with Crippen LogP contribution in [0.25, 0.3) is 22.3 Å². The van der Waals surface area contributed by atoms with E-state index in [1.807, 2.05) is 30.3 Å². The smallest absolute Gasteiger partial charge is 0.252 e. The number of ether oxygens (including phenoxy) is 1. The van der Waals surface area contributed by atoms with Crippen LogP contribution in [0.1, 0.15) is 51.6 Å². The molecule has 36 heavy (non-hydrogen) atoms. The molecular weight excluding hydrogens is 453 g/mol. The van der Waals surface area contributed by atoms with Gasteiger partial charge in [-0.15, -0.1) is 0 Å². The van der Waals surface area contributed by atoms with Gasteiger partial charge in [0.25, 0.3) is 5.91 Å². The van der Waals surface area contributed by atoms with E-state index >= 15 is 0 Å². The molecule has 0 atom stereocenters. The largest absolute Gasteiger partial charge is 0.495 e. The van der Waals surface area contributed by atoms with Gasteiger partial charge in [0, 0.05) is 23.2 Å². The first-order chi connectivity index (χ1) is 17.4. The van der Waals surface area contributed by atoms with Gasteiger partial charge in [0.2, 0.25) is 0 Å². The minimum absolute atomic E-state index is 0.258. The van der Waals surface area contributed by atoms with Crippen molar-refractivity contribution in [1.29, 1.82) is 0 Å². The molecular formula is C30H28FN3O2. The quantitative estimate of drug-likeness (QED) is 0.333. The van der Waals surface area contributed by atoms with Gasteiger partial charge in [-0.1, -0.05) is 41.5 Å². The average Bonchev–Trinajstić information content (AvgIpc) is 3.72. The zero-order chi connectivity index (χ0) is 25.2. The number of aromatic nitrogens is 2. The van der Waals surface area contributed by atoms with Crippen LogP contribution in [-0.4, -0.2) is 23.0 Å². The lowest BCUT2D eigenvalue weighted by Gasteiger charge is -2.14. The number of hydrogen-bond donors (Lipinski definition) is 1. The van der Waals surface area contributed by atoms with Crippen molar-refractivity contribution < 1.29 is 13.9 Å². The Morgan fingerprint density at radius 1 is 0.972 bits per heavy atom. The lowest BCUT2D eigenvalue weighted by molar-refractivity contribution is 0.0951. The van der Waals surface area contributed by atoms with Crippen molar-refractivity contribution in [2.75, 3.05) is 7.11 Å². The van der Waals surface area contributed by atoms with E-state index in [0.29, 0.717) is 22.6 Å². The molecule has 1 aliphatic carbocycles. The fraction of sp³-hybridized carbons (Fsp3) is 0.233. The van der Waals surface area contributed by atoms with E-state index in [1.54, 1.807) is 13.3 Å². The van der Waals surface area contributed by atoms with E-state index in [0.717, 1.165) is 58.4 Å². The summed E-state index contributed by atoms with van der Waals surface area (Å²) < 4.78 is 19.4. The number of nitrogens with zero attached hydrogens (tertiary/aromatic N) is 2. The second-order valence-corrected chi connectivity index (χ2v) is 9.38. The number of aryl methyl sites for hydroxylation is 2. The second-order valence-electron chi connectivity index (χ2n) is 9.38. The van der Waals surface area contributed by atoms with Gasteiger partial charge in [0.1, 0.15) is 11.6 Å². The molecule has 0 saturated heterocycles. The van der Waals surface area contributed by atoms with E-state index in [-0.39, 0.29) is 12.5 Å². The summed E-state index contributed by atoms with van der Waals surface area (Å²) in [6.07, 6.45) is 4.93. The number of methoxy groups -OCH3 is 1. The third-order valence-electron chi connectivity index (χ3n) is 6.39. The molecule has 0 spiro atoms. The van der Waals surface area contributed by atoms with Crippen LogP contribution < -0.4 is 10.1 Å². The number of rotatable bonds is 7. The molecule has 0 bridgehead atoms. The molecule has 5 nitrogen and oxygen atoms in total. The summed E-state index contributed by atoms with van der Waals surface area (Å²) in [5, 5.41) is 3.01. The summed E-state index contributed by atoms with van der Waals surface area (Å²) in [5.74, 6) is 0.505. The SMILES string of the molecule is COc1ccc(CNC(=O)c2cc(-c3cc(C)cc(C)c3)ccc2-c2cncc(F)c2)nc1C1CC1. The summed E-state index contributed by atoms with van der Waals surface area (Å²) in [6, 6.07) is 17.1. The lowest BCUT2D eigenvalue weighted by Crippen LogP contribution is -2.24. The Balaban J connectivity index is 1.48. The van der Waals surface area contributed by atoms with Crippen LogP contribution in [0.4, 0.5) is 4.39 Å². The van der Waals surface area contributed by atoms with Gasteiger partial charge in [-0.05, 0) is 67.6 Å². The van der Waals surface area contributed by atoms with Crippen LogP contribution in [0.15, 0.2) is 67.0 Å². The molecule has 1 saturated carbocycles. The normalized spacial score (nSPS) is 12.9. The minimum Gasteiger partial charge on any atom is -0.495 e. The highest BCUT2D eigenvalue weighted by atomic mass is 19.1. The Morgan fingerprint density at radius 2 is 1.75 bits per heavy atom. The molecule has 0 radical (unpaired) electrons. The van der Waals surface area contributed by atoms with E-state index in [1.165, 1.54) is 6.07 Å². The maximum atomic E-state index is 14.0. The van der Waals surface area contributed by atoms with Crippen LogP contribution in [-0.2, 0) is 6.54 Å². The van der Waals surface area contributed by atoms with E-state index < -0.39 is 5.82 Å². The summed E-state index contributed by atoms with van der Waals surface area (Å²) in [5.41, 5.74) is 7.57. The maximum absolute atomic E-state index is 14.0. The maximum Gasteiger partial charge on any atom is 0.252 e. The van der Waals surface area contributed by atoms with Gasteiger partial charge in [0.05, 0.1) is 31.2 Å². The summed E-state index contributed by atoms with van der Waals surface area (Å²) in [7, 11) is 1.65. The van der Waals surface area contributed by atoms with Crippen molar-refractivity contribution in [2.45, 2.75) is 39.2 Å². The van der Waals surface area contributed by atoms with Crippen LogP contribution >= 0.6 is 0 Å². The molecule has 1 amide bonds. The highest BCUT2D eigenvalue weighted by molar-refractivity contribution is 6.02. The Hall–Kier alpha value is -4.06. The van der Waals surface area contributed by atoms with Crippen LogP contribution in [0, 0.1) is 19.7 Å². The number of benzene rings is 2. The van der Waals surface area contributed by atoms with E-state index in [9.17, 15) is 9.18 Å². The summed E-state index contributed by atoms with van der Waals surface area (Å²) in [4.78, 5) is 22.2. The summed E-state index contributed by atoms with van der Waals surface area (Å²) >= 11 is 0. The van der Waals surface area contributed by atoms with Crippen LogP contribution in [0.2, 0.25) is 0 Å². The first kappa shape index (κ1) is 23.7. The molecule has 0 aliphatic heterocycles.